The van der Waals surface area contributed by atoms with Crippen molar-refractivity contribution in [3.05, 3.63) is 78.4 Å². The summed E-state index contributed by atoms with van der Waals surface area (Å²) in [5.41, 5.74) is 6.19. The van der Waals surface area contributed by atoms with E-state index >= 15 is 0 Å². The molecule has 0 saturated carbocycles. The molecule has 0 aliphatic carbocycles. The zero-order chi connectivity index (χ0) is 32.9. The minimum Gasteiger partial charge on any atom is -0.505 e. The molecule has 0 saturated heterocycles. The summed E-state index contributed by atoms with van der Waals surface area (Å²) in [4.78, 5) is -2.25. The molecule has 232 valence electrons. The third-order valence-corrected chi connectivity index (χ3v) is 9.17. The third-order valence-electron chi connectivity index (χ3n) is 6.54. The summed E-state index contributed by atoms with van der Waals surface area (Å²) in [6, 6.07) is 16.0. The number of hydrogen-bond acceptors (Lipinski definition) is 12. The molecule has 5 rings (SSSR count). The highest BCUT2D eigenvalue weighted by Gasteiger charge is 2.25. The van der Waals surface area contributed by atoms with Crippen LogP contribution in [0, 0.1) is 6.92 Å². The van der Waals surface area contributed by atoms with Crippen LogP contribution >= 0.6 is 0 Å². The van der Waals surface area contributed by atoms with E-state index in [2.05, 4.69) is 20.5 Å². The Morgan fingerprint density at radius 3 is 1.78 bits per heavy atom. The van der Waals surface area contributed by atoms with E-state index in [9.17, 15) is 44.0 Å². The molecule has 0 aliphatic rings. The van der Waals surface area contributed by atoms with E-state index in [1.165, 1.54) is 18.2 Å². The minimum atomic E-state index is -5.12. The molecule has 0 heterocycles. The zero-order valence-electron chi connectivity index (χ0n) is 22.8. The molecule has 45 heavy (non-hydrogen) atoms. The average Bonchev–Trinajstić information content (AvgIpc) is 2.94. The lowest BCUT2D eigenvalue weighted by Crippen LogP contribution is -2.04. The van der Waals surface area contributed by atoms with E-state index in [0.717, 1.165) is 35.9 Å². The number of benzene rings is 5. The lowest BCUT2D eigenvalue weighted by molar-refractivity contribution is 0.472. The number of nitrogens with zero attached hydrogens (tertiary/aromatic N) is 4. The fraction of sp³-hybridized carbons (Fsp3) is 0.0370. The smallest absolute Gasteiger partial charge is 0.296 e. The fourth-order valence-corrected chi connectivity index (χ4v) is 6.16. The highest BCUT2D eigenvalue weighted by Crippen LogP contribution is 2.44. The molecule has 0 unspecified atom stereocenters. The van der Waals surface area contributed by atoms with Crippen molar-refractivity contribution in [1.82, 2.24) is 0 Å². The Hall–Kier alpha value is -4.85. The molecule has 0 atom stereocenters. The van der Waals surface area contributed by atoms with Crippen molar-refractivity contribution in [2.24, 2.45) is 20.5 Å². The first-order valence-corrected chi connectivity index (χ1v) is 16.7. The number of azo groups is 2. The van der Waals surface area contributed by atoms with E-state index in [1.807, 2.05) is 19.1 Å². The number of hydrogen-bond donors (Lipinski definition) is 5. The van der Waals surface area contributed by atoms with Crippen molar-refractivity contribution in [1.29, 1.82) is 0 Å². The second kappa shape index (κ2) is 11.3. The molecule has 0 amide bonds. The van der Waals surface area contributed by atoms with Crippen LogP contribution in [0.25, 0.3) is 21.5 Å². The Bertz CT molecular complexity index is 2430. The summed E-state index contributed by atoms with van der Waals surface area (Å²) >= 11 is 0. The maximum Gasteiger partial charge on any atom is 0.296 e. The van der Waals surface area contributed by atoms with Crippen LogP contribution in [0.3, 0.4) is 0 Å². The lowest BCUT2D eigenvalue weighted by atomic mass is 10.1. The van der Waals surface area contributed by atoms with Gasteiger partial charge in [-0.3, -0.25) is 13.7 Å². The normalized spacial score (nSPS) is 13.0. The van der Waals surface area contributed by atoms with Gasteiger partial charge in [0.25, 0.3) is 30.4 Å². The highest BCUT2D eigenvalue weighted by molar-refractivity contribution is 7.86. The van der Waals surface area contributed by atoms with Crippen LogP contribution in [-0.4, -0.2) is 44.0 Å². The molecule has 18 heteroatoms. The average molecular weight is 672 g/mol. The van der Waals surface area contributed by atoms with Crippen LogP contribution in [-0.2, 0) is 30.4 Å². The molecule has 0 aliphatic heterocycles. The summed E-state index contributed by atoms with van der Waals surface area (Å²) in [5.74, 6) is -0.871. The van der Waals surface area contributed by atoms with E-state index in [-0.39, 0.29) is 27.5 Å². The van der Waals surface area contributed by atoms with Gasteiger partial charge in [0, 0.05) is 16.2 Å². The molecule has 15 nitrogen and oxygen atoms in total. The highest BCUT2D eigenvalue weighted by atomic mass is 32.2. The summed E-state index contributed by atoms with van der Waals surface area (Å²) in [7, 11) is -14.6. The van der Waals surface area contributed by atoms with Gasteiger partial charge in [0.05, 0.1) is 27.6 Å². The third kappa shape index (κ3) is 6.50. The molecular formula is C27H21N5O10S3. The van der Waals surface area contributed by atoms with Gasteiger partial charge in [-0.25, -0.2) is 0 Å². The Labute approximate surface area is 255 Å². The van der Waals surface area contributed by atoms with E-state index in [1.54, 1.807) is 12.1 Å². The van der Waals surface area contributed by atoms with Crippen LogP contribution < -0.4 is 5.73 Å². The molecule has 0 spiro atoms. The first-order chi connectivity index (χ1) is 20.9. The van der Waals surface area contributed by atoms with E-state index in [0.29, 0.717) is 11.1 Å². The zero-order valence-corrected chi connectivity index (χ0v) is 25.2. The molecule has 5 aromatic carbocycles. The fourth-order valence-electron chi connectivity index (χ4n) is 4.37. The maximum absolute atomic E-state index is 12.3. The van der Waals surface area contributed by atoms with E-state index < -0.39 is 62.2 Å². The predicted molar refractivity (Wildman–Crippen MR) is 163 cm³/mol. The minimum absolute atomic E-state index is 0.0740. The molecule has 6 N–H and O–H groups in total. The van der Waals surface area contributed by atoms with Gasteiger partial charge in [-0.1, -0.05) is 23.8 Å². The summed E-state index contributed by atoms with van der Waals surface area (Å²) < 4.78 is 101. The molecule has 0 fully saturated rings. The molecule has 5 aromatic rings. The number of anilines is 1. The largest absolute Gasteiger partial charge is 0.505 e. The van der Waals surface area contributed by atoms with Crippen molar-refractivity contribution in [3.8, 4) is 5.75 Å². The molecular weight excluding hydrogens is 651 g/mol. The molecule has 0 aromatic heterocycles. The van der Waals surface area contributed by atoms with Crippen molar-refractivity contribution >= 4 is 80.3 Å². The van der Waals surface area contributed by atoms with Gasteiger partial charge in [0.15, 0.2) is 5.75 Å². The molecule has 0 radical (unpaired) electrons. The van der Waals surface area contributed by atoms with Gasteiger partial charge in [-0.2, -0.15) is 30.4 Å². The van der Waals surface area contributed by atoms with Crippen molar-refractivity contribution in [2.45, 2.75) is 21.6 Å². The Morgan fingerprint density at radius 2 is 1.18 bits per heavy atom. The Balaban J connectivity index is 1.71. The van der Waals surface area contributed by atoms with Crippen molar-refractivity contribution in [2.75, 3.05) is 5.73 Å². The standard InChI is InChI=1S/C27H21N5O10S3/c1-14-2-4-16(5-3-14)29-30-22-8-9-23(20-12-17(43(34,35)36)6-7-18(20)22)31-32-26-25(45(40,41)42)11-15-10-24(44(37,38)39)21(28)13-19(15)27(26)33/h2-13,33H,28H2,1H3,(H,34,35,36)(H,37,38,39)(H,40,41,42). The van der Waals surface area contributed by atoms with E-state index in [4.69, 9.17) is 5.73 Å². The van der Waals surface area contributed by atoms with Crippen LogP contribution in [0.15, 0.2) is 108 Å². The molecule has 0 bridgehead atoms. The number of aromatic hydroxyl groups is 1. The first kappa shape index (κ1) is 31.6. The van der Waals surface area contributed by atoms with Crippen molar-refractivity contribution in [3.63, 3.8) is 0 Å². The Morgan fingerprint density at radius 1 is 0.600 bits per heavy atom. The predicted octanol–water partition coefficient (Wildman–Crippen LogP) is 6.16. The quantitative estimate of drug-likeness (QED) is 0.0743. The van der Waals surface area contributed by atoms with Gasteiger partial charge in [0.1, 0.15) is 15.5 Å². The van der Waals surface area contributed by atoms with Gasteiger partial charge < -0.3 is 10.8 Å². The number of phenols is 1. The monoisotopic (exact) mass is 671 g/mol. The SMILES string of the molecule is Cc1ccc(N=Nc2ccc(N=Nc3c(S(=O)(=O)O)cc4cc(S(=O)(=O)O)c(N)cc4c3O)c3cc(S(=O)(=O)O)ccc23)cc1. The van der Waals surface area contributed by atoms with Gasteiger partial charge in [-0.05, 0) is 66.9 Å². The van der Waals surface area contributed by atoms with Gasteiger partial charge >= 0.3 is 0 Å². The van der Waals surface area contributed by atoms with Crippen LogP contribution in [0.5, 0.6) is 5.75 Å². The number of fused-ring (bicyclic) bond motifs is 2. The number of aryl methyl sites for hydroxylation is 1. The second-order valence-corrected chi connectivity index (χ2v) is 13.9. The number of phenolic OH excluding ortho intramolecular Hbond substituents is 1. The summed E-state index contributed by atoms with van der Waals surface area (Å²) in [6.45, 7) is 1.90. The second-order valence-electron chi connectivity index (χ2n) is 9.66. The number of rotatable bonds is 7. The maximum atomic E-state index is 12.3. The van der Waals surface area contributed by atoms with Gasteiger partial charge in [0.2, 0.25) is 0 Å². The van der Waals surface area contributed by atoms with Crippen LogP contribution in [0.1, 0.15) is 5.56 Å². The van der Waals surface area contributed by atoms with Crippen molar-refractivity contribution < 1.29 is 44.0 Å². The van der Waals surface area contributed by atoms with Gasteiger partial charge in [-0.15, -0.1) is 15.3 Å². The Kier molecular flexibility index (Phi) is 7.90. The summed E-state index contributed by atoms with van der Waals surface area (Å²) in [6.07, 6.45) is 0. The number of nitrogen functional groups attached to an aromatic ring is 1. The topological polar surface area (TPSA) is 259 Å². The number of nitrogens with two attached hydrogens (primary N) is 1. The van der Waals surface area contributed by atoms with Crippen LogP contribution in [0.2, 0.25) is 0 Å². The summed E-state index contributed by atoms with van der Waals surface area (Å²) in [5, 5.41) is 27.1. The first-order valence-electron chi connectivity index (χ1n) is 12.4. The lowest BCUT2D eigenvalue weighted by Gasteiger charge is -2.11. The van der Waals surface area contributed by atoms with Crippen LogP contribution in [0.4, 0.5) is 28.4 Å².